The molecule has 0 amide bonds. The molecule has 1 aliphatic heterocycles. The predicted molar refractivity (Wildman–Crippen MR) is 60.6 cm³/mol. The van der Waals surface area contributed by atoms with Crippen molar-refractivity contribution in [1.29, 1.82) is 5.26 Å². The average Bonchev–Trinajstić information content (AvgIpc) is 2.35. The molecular formula is C10H15N5O2. The molecule has 0 aliphatic carbocycles. The van der Waals surface area contributed by atoms with Gasteiger partial charge in [-0.05, 0) is 14.1 Å². The van der Waals surface area contributed by atoms with Crippen LogP contribution in [0.3, 0.4) is 0 Å². The minimum atomic E-state index is -0.385. The number of hydrogen-bond donors (Lipinski definition) is 0. The number of rotatable bonds is 4. The van der Waals surface area contributed by atoms with E-state index in [9.17, 15) is 0 Å². The minimum Gasteiger partial charge on any atom is -0.379 e. The second-order valence-corrected chi connectivity index (χ2v) is 3.68. The van der Waals surface area contributed by atoms with Gasteiger partial charge in [0.15, 0.2) is 0 Å². The van der Waals surface area contributed by atoms with E-state index in [2.05, 4.69) is 10.0 Å². The van der Waals surface area contributed by atoms with Crippen LogP contribution < -0.4 is 0 Å². The zero-order chi connectivity index (χ0) is 12.7. The Morgan fingerprint density at radius 1 is 1.59 bits per heavy atom. The van der Waals surface area contributed by atoms with Crippen molar-refractivity contribution in [2.45, 2.75) is 6.35 Å². The monoisotopic (exact) mass is 237 g/mol. The number of nitrogens with zero attached hydrogens (tertiary/aromatic N) is 5. The summed E-state index contributed by atoms with van der Waals surface area (Å²) in [4.78, 5) is 12.0. The Balaban J connectivity index is 2.64. The van der Waals surface area contributed by atoms with Gasteiger partial charge < -0.3 is 9.58 Å². The van der Waals surface area contributed by atoms with Crippen LogP contribution in [0, 0.1) is 17.9 Å². The third-order valence-electron chi connectivity index (χ3n) is 2.24. The summed E-state index contributed by atoms with van der Waals surface area (Å²) in [5.74, 6) is -0.301. The van der Waals surface area contributed by atoms with Crippen LogP contribution in [0.5, 0.6) is 0 Å². The molecule has 1 atom stereocenters. The van der Waals surface area contributed by atoms with Crippen molar-refractivity contribution >= 4 is 5.84 Å². The van der Waals surface area contributed by atoms with E-state index in [0.29, 0.717) is 13.2 Å². The quantitative estimate of drug-likeness (QED) is 0.225. The Labute approximate surface area is 101 Å². The maximum Gasteiger partial charge on any atom is 0.392 e. The van der Waals surface area contributed by atoms with Gasteiger partial charge in [-0.1, -0.05) is 6.57 Å². The molecule has 1 saturated heterocycles. The van der Waals surface area contributed by atoms with Crippen molar-refractivity contribution in [2.24, 2.45) is 5.16 Å². The second kappa shape index (κ2) is 6.81. The highest BCUT2D eigenvalue weighted by Crippen LogP contribution is 2.08. The normalized spacial score (nSPS) is 19.5. The lowest BCUT2D eigenvalue weighted by Gasteiger charge is -2.34. The van der Waals surface area contributed by atoms with Gasteiger partial charge in [-0.3, -0.25) is 9.74 Å². The Kier molecular flexibility index (Phi) is 5.37. The van der Waals surface area contributed by atoms with E-state index in [4.69, 9.17) is 21.4 Å². The SMILES string of the molecule is [C-]#[N+]/C(C#N)=N/OC(N(C)C)N1CCOCC1. The van der Waals surface area contributed by atoms with Gasteiger partial charge in [0.25, 0.3) is 6.35 Å². The molecule has 0 aromatic heterocycles. The standard InChI is InChI=1S/C10H15N5O2/c1-12-9(8-11)13-17-10(14(2)3)15-4-6-16-7-5-15/h10H,4-7H2,2-3H3/b13-9+. The van der Waals surface area contributed by atoms with Crippen LogP contribution in [-0.4, -0.2) is 62.4 Å². The zero-order valence-corrected chi connectivity index (χ0v) is 9.96. The lowest BCUT2D eigenvalue weighted by Crippen LogP contribution is -2.50. The molecule has 1 heterocycles. The molecule has 1 aliphatic rings. The van der Waals surface area contributed by atoms with Crippen LogP contribution in [0.1, 0.15) is 0 Å². The van der Waals surface area contributed by atoms with Gasteiger partial charge in [-0.25, -0.2) is 10.2 Å². The molecule has 1 fully saturated rings. The first-order valence-electron chi connectivity index (χ1n) is 5.18. The van der Waals surface area contributed by atoms with E-state index in [1.807, 2.05) is 23.9 Å². The fraction of sp³-hybridized carbons (Fsp3) is 0.700. The van der Waals surface area contributed by atoms with Crippen LogP contribution in [-0.2, 0) is 9.57 Å². The Morgan fingerprint density at radius 3 is 2.71 bits per heavy atom. The van der Waals surface area contributed by atoms with E-state index in [1.54, 1.807) is 6.07 Å². The summed E-state index contributed by atoms with van der Waals surface area (Å²) in [6, 6.07) is 1.66. The molecule has 0 aromatic carbocycles. The summed E-state index contributed by atoms with van der Waals surface area (Å²) in [6.07, 6.45) is -0.385. The van der Waals surface area contributed by atoms with Crippen molar-refractivity contribution in [3.05, 3.63) is 11.4 Å². The third kappa shape index (κ3) is 4.00. The Bertz CT molecular complexity index is 333. The summed E-state index contributed by atoms with van der Waals surface area (Å²) in [5.41, 5.74) is 0. The van der Waals surface area contributed by atoms with E-state index < -0.39 is 0 Å². The first kappa shape index (κ1) is 13.4. The lowest BCUT2D eigenvalue weighted by molar-refractivity contribution is -0.158. The molecule has 1 unspecified atom stereocenters. The lowest BCUT2D eigenvalue weighted by atomic mass is 10.4. The van der Waals surface area contributed by atoms with Gasteiger partial charge in [-0.15, -0.1) is 0 Å². The van der Waals surface area contributed by atoms with Gasteiger partial charge in [0.05, 0.1) is 18.4 Å². The van der Waals surface area contributed by atoms with Gasteiger partial charge in [-0.2, -0.15) is 0 Å². The molecule has 0 N–H and O–H groups in total. The van der Waals surface area contributed by atoms with E-state index in [0.717, 1.165) is 13.1 Å². The van der Waals surface area contributed by atoms with E-state index >= 15 is 0 Å². The van der Waals surface area contributed by atoms with E-state index in [1.165, 1.54) is 0 Å². The van der Waals surface area contributed by atoms with Gasteiger partial charge >= 0.3 is 5.84 Å². The van der Waals surface area contributed by atoms with Gasteiger partial charge in [0.2, 0.25) is 0 Å². The average molecular weight is 237 g/mol. The summed E-state index contributed by atoms with van der Waals surface area (Å²) in [5, 5.41) is 12.1. The first-order valence-corrected chi connectivity index (χ1v) is 5.18. The maximum absolute atomic E-state index is 8.57. The highest BCUT2D eigenvalue weighted by molar-refractivity contribution is 6.03. The van der Waals surface area contributed by atoms with Crippen LogP contribution in [0.25, 0.3) is 4.85 Å². The predicted octanol–water partition coefficient (Wildman–Crippen LogP) is -0.0632. The number of oxime groups is 1. The molecule has 0 bridgehead atoms. The number of nitriles is 1. The first-order chi connectivity index (χ1) is 8.19. The molecule has 7 heteroatoms. The second-order valence-electron chi connectivity index (χ2n) is 3.68. The zero-order valence-electron chi connectivity index (χ0n) is 9.96. The highest BCUT2D eigenvalue weighted by atomic mass is 16.7. The summed E-state index contributed by atoms with van der Waals surface area (Å²) in [6.45, 7) is 9.46. The number of hydrogen-bond acceptors (Lipinski definition) is 6. The van der Waals surface area contributed by atoms with Crippen LogP contribution >= 0.6 is 0 Å². The largest absolute Gasteiger partial charge is 0.392 e. The molecular weight excluding hydrogens is 222 g/mol. The third-order valence-corrected chi connectivity index (χ3v) is 2.24. The smallest absolute Gasteiger partial charge is 0.379 e. The fourth-order valence-electron chi connectivity index (χ4n) is 1.45. The number of amidine groups is 1. The minimum absolute atomic E-state index is 0.301. The molecule has 0 aromatic rings. The molecule has 0 saturated carbocycles. The molecule has 0 spiro atoms. The summed E-state index contributed by atoms with van der Waals surface area (Å²) >= 11 is 0. The van der Waals surface area contributed by atoms with Crippen molar-refractivity contribution in [1.82, 2.24) is 9.80 Å². The molecule has 0 radical (unpaired) electrons. The van der Waals surface area contributed by atoms with Crippen LogP contribution in [0.2, 0.25) is 0 Å². The highest BCUT2D eigenvalue weighted by Gasteiger charge is 2.26. The van der Waals surface area contributed by atoms with Crippen molar-refractivity contribution in [3.63, 3.8) is 0 Å². The van der Waals surface area contributed by atoms with Crippen molar-refractivity contribution in [3.8, 4) is 6.07 Å². The topological polar surface area (TPSA) is 65.5 Å². The molecule has 92 valence electrons. The number of morpholine rings is 1. The van der Waals surface area contributed by atoms with Gasteiger partial charge in [0.1, 0.15) is 6.07 Å². The molecule has 7 nitrogen and oxygen atoms in total. The van der Waals surface area contributed by atoms with Crippen molar-refractivity contribution < 1.29 is 9.57 Å². The summed E-state index contributed by atoms with van der Waals surface area (Å²) in [7, 11) is 3.69. The van der Waals surface area contributed by atoms with Gasteiger partial charge in [0, 0.05) is 13.1 Å². The van der Waals surface area contributed by atoms with Crippen LogP contribution in [0.4, 0.5) is 0 Å². The molecule has 17 heavy (non-hydrogen) atoms. The molecule has 1 rings (SSSR count). The van der Waals surface area contributed by atoms with Crippen LogP contribution in [0.15, 0.2) is 5.16 Å². The Morgan fingerprint density at radius 2 is 2.24 bits per heavy atom. The Hall–Kier alpha value is -1.67. The maximum atomic E-state index is 8.57. The number of ether oxygens (including phenoxy) is 1. The fourth-order valence-corrected chi connectivity index (χ4v) is 1.45. The van der Waals surface area contributed by atoms with Crippen molar-refractivity contribution in [2.75, 3.05) is 40.4 Å². The van der Waals surface area contributed by atoms with E-state index in [-0.39, 0.29) is 12.2 Å². The summed E-state index contributed by atoms with van der Waals surface area (Å²) < 4.78 is 5.25.